The van der Waals surface area contributed by atoms with Gasteiger partial charge in [-0.1, -0.05) is 77.7 Å². The van der Waals surface area contributed by atoms with E-state index in [2.05, 4.69) is 19.9 Å². The van der Waals surface area contributed by atoms with Gasteiger partial charge in [0.15, 0.2) is 0 Å². The van der Waals surface area contributed by atoms with Crippen molar-refractivity contribution in [1.29, 1.82) is 0 Å². The number of carboxylic acid groups (broad SMARTS) is 2. The van der Waals surface area contributed by atoms with Crippen LogP contribution < -0.4 is 14.3 Å². The van der Waals surface area contributed by atoms with E-state index < -0.39 is 80.9 Å². The van der Waals surface area contributed by atoms with Gasteiger partial charge in [0.05, 0.1) is 72.5 Å². The Morgan fingerprint density at radius 3 is 1.23 bits per heavy atom. The molecule has 0 aliphatic heterocycles. The summed E-state index contributed by atoms with van der Waals surface area (Å²) in [7, 11) is -4.65. The van der Waals surface area contributed by atoms with Crippen LogP contribution in [0, 0.1) is 11.6 Å². The zero-order valence-electron chi connectivity index (χ0n) is 43.0. The molecule has 1 fully saturated rings. The Kier molecular flexibility index (Phi) is 27.5. The summed E-state index contributed by atoms with van der Waals surface area (Å²) in [6.07, 6.45) is 9.79. The Labute approximate surface area is 468 Å². The van der Waals surface area contributed by atoms with E-state index in [-0.39, 0.29) is 74.3 Å². The molecule has 8 N–H and O–H groups in total. The van der Waals surface area contributed by atoms with Crippen LogP contribution in [-0.4, -0.2) is 174 Å². The number of benzene rings is 2. The van der Waals surface area contributed by atoms with Gasteiger partial charge in [-0.3, -0.25) is 9.59 Å². The topological polar surface area (TPSA) is 308 Å². The van der Waals surface area contributed by atoms with Crippen LogP contribution in [0.2, 0.25) is 0 Å². The first-order valence-corrected chi connectivity index (χ1v) is 27.7. The van der Waals surface area contributed by atoms with Crippen LogP contribution in [0.15, 0.2) is 60.7 Å². The zero-order valence-corrected chi connectivity index (χ0v) is 44.6. The first-order valence-electron chi connectivity index (χ1n) is 24.0. The number of aliphatic carboxylic acids is 2. The molecule has 75 heavy (non-hydrogen) atoms. The molecule has 0 unspecified atom stereocenters. The van der Waals surface area contributed by atoms with Gasteiger partial charge in [0.1, 0.15) is 11.6 Å². The van der Waals surface area contributed by atoms with Crippen molar-refractivity contribution in [3.05, 3.63) is 94.8 Å². The summed E-state index contributed by atoms with van der Waals surface area (Å²) < 4.78 is 77.2. The molecular formula is C51H73CaF2N7O12S2. The number of rotatable bonds is 20. The second kappa shape index (κ2) is 31.0. The third-order valence-electron chi connectivity index (χ3n) is 11.5. The van der Waals surface area contributed by atoms with Crippen LogP contribution in [0.1, 0.15) is 126 Å². The van der Waals surface area contributed by atoms with E-state index in [1.807, 2.05) is 27.7 Å². The number of halogens is 2. The van der Waals surface area contributed by atoms with Crippen molar-refractivity contribution in [3.63, 3.8) is 0 Å². The summed E-state index contributed by atoms with van der Waals surface area (Å²) in [6, 6.07) is 11.5. The van der Waals surface area contributed by atoms with Gasteiger partial charge in [0.2, 0.25) is 31.9 Å². The van der Waals surface area contributed by atoms with Crippen molar-refractivity contribution in [3.8, 4) is 22.5 Å². The van der Waals surface area contributed by atoms with E-state index in [0.29, 0.717) is 51.1 Å². The summed E-state index contributed by atoms with van der Waals surface area (Å²) in [4.78, 5) is 39.1. The predicted octanol–water partition coefficient (Wildman–Crippen LogP) is 5.56. The molecule has 0 saturated heterocycles. The molecule has 2 aromatic carbocycles. The molecular weight excluding hydrogens is 1040 g/mol. The number of aliphatic hydroxyl groups excluding tert-OH is 4. The number of sulfonamides is 2. The zero-order chi connectivity index (χ0) is 55.7. The molecule has 19 nitrogen and oxygen atoms in total. The van der Waals surface area contributed by atoms with Crippen molar-refractivity contribution >= 4 is 93.8 Å². The molecule has 412 valence electrons. The Hall–Kier alpha value is -4.56. The second-order valence-corrected chi connectivity index (χ2v) is 22.7. The summed E-state index contributed by atoms with van der Waals surface area (Å²) >= 11 is 0. The number of carbonyl (C=O) groups is 2. The summed E-state index contributed by atoms with van der Waals surface area (Å²) in [5.74, 6) is -3.74. The maximum atomic E-state index is 13.5. The summed E-state index contributed by atoms with van der Waals surface area (Å²) in [5, 5.41) is 57.6. The van der Waals surface area contributed by atoms with Crippen molar-refractivity contribution in [2.24, 2.45) is 5.73 Å². The third kappa shape index (κ3) is 22.5. The molecule has 1 saturated carbocycles. The molecule has 0 bridgehead atoms. The van der Waals surface area contributed by atoms with E-state index in [0.717, 1.165) is 21.1 Å². The van der Waals surface area contributed by atoms with E-state index in [9.17, 15) is 55.6 Å². The minimum atomic E-state index is -3.65. The van der Waals surface area contributed by atoms with Crippen LogP contribution in [0.5, 0.6) is 0 Å². The number of aromatic nitrogens is 4. The first kappa shape index (κ1) is 66.6. The fourth-order valence-corrected chi connectivity index (χ4v) is 8.16. The van der Waals surface area contributed by atoms with Gasteiger partial charge in [-0.25, -0.2) is 54.2 Å². The van der Waals surface area contributed by atoms with Crippen molar-refractivity contribution in [2.75, 3.05) is 35.2 Å². The number of nitrogens with two attached hydrogens (primary N) is 1. The van der Waals surface area contributed by atoms with E-state index >= 15 is 0 Å². The van der Waals surface area contributed by atoms with Crippen LogP contribution in [0.4, 0.5) is 20.7 Å². The van der Waals surface area contributed by atoms with Gasteiger partial charge < -0.3 is 36.4 Å². The number of hydrogen-bond acceptors (Lipinski definition) is 15. The molecule has 5 rings (SSSR count). The minimum absolute atomic E-state index is 0. The summed E-state index contributed by atoms with van der Waals surface area (Å²) in [6.45, 7) is 7.41. The Bertz CT molecular complexity index is 2590. The van der Waals surface area contributed by atoms with Gasteiger partial charge in [0, 0.05) is 55.2 Å². The Morgan fingerprint density at radius 2 is 0.947 bits per heavy atom. The fraction of sp³-hybridized carbons (Fsp3) is 0.490. The van der Waals surface area contributed by atoms with Gasteiger partial charge >= 0.3 is 49.7 Å². The molecule has 2 aromatic heterocycles. The van der Waals surface area contributed by atoms with Gasteiger partial charge in [-0.2, -0.15) is 0 Å². The van der Waals surface area contributed by atoms with E-state index in [1.54, 1.807) is 0 Å². The van der Waals surface area contributed by atoms with Crippen molar-refractivity contribution in [2.45, 2.75) is 134 Å². The van der Waals surface area contributed by atoms with E-state index in [1.165, 1.54) is 125 Å². The number of hydrogen-bond donors (Lipinski definition) is 7. The quantitative estimate of drug-likeness (QED) is 0.0421. The maximum absolute atomic E-state index is 13.5. The standard InChI is InChI=1S/2C22H28FN3O6S.C7H15N.Ca.2H/c2*1-13(2)20-18(10-9-16(27)11-17(28)12-19(29)30)21(14-5-7-15(23)8-6-14)25-22(24-20)26(3)33(4,31)32;8-7-5-3-1-2-4-6-7;;;/h2*5-10,13,16-17,27-28H,11-12H2,1-4H3,(H,29,30);7H,1-6,8H2;;;/t2*16-,17-;;;;/m11..../s1. The molecule has 4 aromatic rings. The number of carboxylic acids is 2. The van der Waals surface area contributed by atoms with Gasteiger partial charge in [0.25, 0.3) is 0 Å². The first-order chi connectivity index (χ1) is 34.5. The SMILES string of the molecule is CC(C)c1nc(N(C)S(C)(=O)=O)nc(-c2ccc(F)cc2)c1C=C[C@@H](O)C[C@@H](O)CC(=O)O.CC(C)c1nc(N(C)S(C)(=O)=O)nc(-c2ccc(F)cc2)c1C=C[C@@H](O)C[C@@H](O)CC(=O)O.NC1CCCCCC1.[CaH2]. The number of anilines is 2. The van der Waals surface area contributed by atoms with Crippen molar-refractivity contribution < 1.29 is 65.8 Å². The molecule has 0 radical (unpaired) electrons. The average Bonchev–Trinajstić information content (AvgIpc) is 3.56. The molecule has 1 aliphatic rings. The number of aliphatic hydroxyl groups is 4. The molecule has 0 amide bonds. The molecule has 24 heteroatoms. The fourth-order valence-electron chi connectivity index (χ4n) is 7.40. The third-order valence-corrected chi connectivity index (χ3v) is 13.8. The average molecular weight is 1120 g/mol. The van der Waals surface area contributed by atoms with Crippen LogP contribution >= 0.6 is 0 Å². The Balaban J connectivity index is 0.000000440. The molecule has 0 spiro atoms. The Morgan fingerprint density at radius 1 is 0.627 bits per heavy atom. The predicted molar refractivity (Wildman–Crippen MR) is 290 cm³/mol. The van der Waals surface area contributed by atoms with Crippen molar-refractivity contribution in [1.82, 2.24) is 19.9 Å². The monoisotopic (exact) mass is 1120 g/mol. The second-order valence-electron chi connectivity index (χ2n) is 18.7. The van der Waals surface area contributed by atoms with Crippen LogP contribution in [-0.2, 0) is 29.6 Å². The van der Waals surface area contributed by atoms with Gasteiger partial charge in [-0.05, 0) is 73.2 Å². The molecule has 2 heterocycles. The molecule has 4 atom stereocenters. The van der Waals surface area contributed by atoms with Crippen LogP contribution in [0.3, 0.4) is 0 Å². The van der Waals surface area contributed by atoms with E-state index in [4.69, 9.17) is 15.9 Å². The molecule has 1 aliphatic carbocycles. The van der Waals surface area contributed by atoms with Gasteiger partial charge in [-0.15, -0.1) is 0 Å². The normalized spacial score (nSPS) is 14.9. The number of nitrogens with zero attached hydrogens (tertiary/aromatic N) is 6. The summed E-state index contributed by atoms with van der Waals surface area (Å²) in [5.41, 5.74) is 9.34. The van der Waals surface area contributed by atoms with Crippen LogP contribution in [0.25, 0.3) is 34.7 Å².